The topological polar surface area (TPSA) is 79.5 Å². The van der Waals surface area contributed by atoms with Crippen molar-refractivity contribution in [2.75, 3.05) is 4.72 Å². The predicted molar refractivity (Wildman–Crippen MR) is 119 cm³/mol. The maximum Gasteiger partial charge on any atom is 0.261 e. The van der Waals surface area contributed by atoms with Crippen molar-refractivity contribution in [1.82, 2.24) is 0 Å². The maximum atomic E-state index is 12.8. The summed E-state index contributed by atoms with van der Waals surface area (Å²) >= 11 is 7.43. The molecule has 6 nitrogen and oxygen atoms in total. The molecule has 0 saturated heterocycles. The van der Waals surface area contributed by atoms with Gasteiger partial charge in [-0.3, -0.25) is 9.93 Å². The van der Waals surface area contributed by atoms with Crippen LogP contribution in [-0.4, -0.2) is 19.7 Å². The van der Waals surface area contributed by atoms with Crippen LogP contribution in [0.1, 0.15) is 21.3 Å². The van der Waals surface area contributed by atoms with E-state index in [0.717, 1.165) is 9.63 Å². The second kappa shape index (κ2) is 10.1. The van der Waals surface area contributed by atoms with Crippen LogP contribution in [0.25, 0.3) is 0 Å². The van der Waals surface area contributed by atoms with E-state index in [1.165, 1.54) is 36.3 Å². The highest BCUT2D eigenvalue weighted by Crippen LogP contribution is 2.36. The fourth-order valence-electron chi connectivity index (χ4n) is 2.44. The molecule has 3 aromatic rings. The molecule has 0 spiro atoms. The molecule has 0 amide bonds. The first-order valence-electron chi connectivity index (χ1n) is 8.70. The molecule has 3 rings (SSSR count). The van der Waals surface area contributed by atoms with Gasteiger partial charge in [-0.05, 0) is 56.3 Å². The lowest BCUT2D eigenvalue weighted by Gasteiger charge is -2.14. The molecular weight excluding hydrogens is 444 g/mol. The normalized spacial score (nSPS) is 11.1. The van der Waals surface area contributed by atoms with Crippen molar-refractivity contribution in [3.05, 3.63) is 72.0 Å². The Kier molecular flexibility index (Phi) is 8.00. The maximum absolute atomic E-state index is 12.8. The van der Waals surface area contributed by atoms with Crippen molar-refractivity contribution < 1.29 is 23.1 Å². The minimum absolute atomic E-state index is 0. The zero-order valence-corrected chi connectivity index (χ0v) is 18.1. The second-order valence-electron chi connectivity index (χ2n) is 6.40. The number of aromatic nitrogens is 1. The van der Waals surface area contributed by atoms with Gasteiger partial charge in [-0.2, -0.15) is 0 Å². The Morgan fingerprint density at radius 3 is 2.30 bits per heavy atom. The van der Waals surface area contributed by atoms with Crippen molar-refractivity contribution in [3.8, 4) is 5.75 Å². The summed E-state index contributed by atoms with van der Waals surface area (Å²) in [5, 5.41) is 9.84. The molecule has 9 heteroatoms. The number of nitrogens with zero attached hydrogens (tertiary/aromatic N) is 1. The quantitative estimate of drug-likeness (QED) is 0.367. The third-order valence-electron chi connectivity index (χ3n) is 3.70. The summed E-state index contributed by atoms with van der Waals surface area (Å²) in [6.45, 7) is 3.80. The second-order valence-corrected chi connectivity index (χ2v) is 9.63. The van der Waals surface area contributed by atoms with Crippen molar-refractivity contribution >= 4 is 39.1 Å². The number of rotatable bonds is 7. The first kappa shape index (κ1) is 23.9. The van der Waals surface area contributed by atoms with E-state index in [4.69, 9.17) is 16.3 Å². The van der Waals surface area contributed by atoms with Crippen LogP contribution in [0.5, 0.6) is 5.75 Å². The van der Waals surface area contributed by atoms with Crippen LogP contribution < -0.4 is 14.2 Å². The van der Waals surface area contributed by atoms with Gasteiger partial charge in [0.15, 0.2) is 0 Å². The van der Waals surface area contributed by atoms with E-state index >= 15 is 0 Å². The molecule has 0 unspecified atom stereocenters. The van der Waals surface area contributed by atoms with Gasteiger partial charge in [0.05, 0.1) is 16.7 Å². The van der Waals surface area contributed by atoms with Gasteiger partial charge in [0, 0.05) is 31.7 Å². The van der Waals surface area contributed by atoms with Crippen LogP contribution in [-0.2, 0) is 10.0 Å². The lowest BCUT2D eigenvalue weighted by atomic mass is 10.3. The van der Waals surface area contributed by atoms with E-state index in [9.17, 15) is 13.6 Å². The molecule has 30 heavy (non-hydrogen) atoms. The minimum Gasteiger partial charge on any atom is -0.491 e. The van der Waals surface area contributed by atoms with Gasteiger partial charge < -0.3 is 4.74 Å². The third kappa shape index (κ3) is 6.29. The Labute approximate surface area is 186 Å². The average molecular weight is 468 g/mol. The van der Waals surface area contributed by atoms with Gasteiger partial charge in [0.2, 0.25) is 12.4 Å². The summed E-state index contributed by atoms with van der Waals surface area (Å²) in [7, 11) is -3.80. The largest absolute Gasteiger partial charge is 0.491 e. The molecule has 1 aromatic heterocycles. The Balaban J connectivity index is 0.00000320. The van der Waals surface area contributed by atoms with Crippen LogP contribution in [0.2, 0.25) is 5.02 Å². The molecule has 0 aliphatic carbocycles. The molecule has 0 aliphatic rings. The summed E-state index contributed by atoms with van der Waals surface area (Å²) in [6.07, 6.45) is 2.97. The van der Waals surface area contributed by atoms with Crippen LogP contribution in [0.4, 0.5) is 5.69 Å². The van der Waals surface area contributed by atoms with Crippen molar-refractivity contribution in [2.24, 2.45) is 0 Å². The first-order chi connectivity index (χ1) is 13.7. The monoisotopic (exact) mass is 467 g/mol. The van der Waals surface area contributed by atoms with Gasteiger partial charge >= 0.3 is 0 Å². The smallest absolute Gasteiger partial charge is 0.261 e. The number of hydrogen-bond donors (Lipinski definition) is 2. The first-order valence-corrected chi connectivity index (χ1v) is 11.4. The Bertz CT molecular complexity index is 1090. The summed E-state index contributed by atoms with van der Waals surface area (Å²) in [5.74, 6) is 0.604. The van der Waals surface area contributed by atoms with Gasteiger partial charge in [-0.1, -0.05) is 30.8 Å². The molecule has 0 radical (unpaired) electrons. The van der Waals surface area contributed by atoms with Crippen LogP contribution in [0.3, 0.4) is 0 Å². The number of sulfonamides is 1. The van der Waals surface area contributed by atoms with Gasteiger partial charge in [-0.15, -0.1) is 0 Å². The van der Waals surface area contributed by atoms with Crippen molar-refractivity contribution in [1.29, 1.82) is 0 Å². The fourth-order valence-corrected chi connectivity index (χ4v) is 4.75. The molecule has 0 bridgehead atoms. The molecule has 2 N–H and O–H groups in total. The molecule has 160 valence electrons. The van der Waals surface area contributed by atoms with Crippen LogP contribution >= 0.6 is 23.4 Å². The van der Waals surface area contributed by atoms with Gasteiger partial charge in [0.1, 0.15) is 5.75 Å². The minimum atomic E-state index is -3.80. The molecule has 0 aliphatic heterocycles. The number of pyridine rings is 1. The molecule has 0 saturated carbocycles. The van der Waals surface area contributed by atoms with Gasteiger partial charge in [0.25, 0.3) is 10.0 Å². The number of nitrogens with one attached hydrogen (secondary N) is 1. The molecule has 0 atom stereocenters. The number of halogens is 1. The van der Waals surface area contributed by atoms with Crippen LogP contribution in [0.15, 0.2) is 81.7 Å². The van der Waals surface area contributed by atoms with Crippen molar-refractivity contribution in [2.45, 2.75) is 42.1 Å². The molecule has 1 heterocycles. The number of hydrogen-bond acceptors (Lipinski definition) is 5. The highest BCUT2D eigenvalue weighted by atomic mass is 35.5. The molecular formula is C21H24ClN2O4S2+. The summed E-state index contributed by atoms with van der Waals surface area (Å²) in [6, 6.07) is 14.6. The highest BCUT2D eigenvalue weighted by molar-refractivity contribution is 7.99. The highest BCUT2D eigenvalue weighted by Gasteiger charge is 2.17. The van der Waals surface area contributed by atoms with E-state index in [1.807, 2.05) is 13.8 Å². The third-order valence-corrected chi connectivity index (χ3v) is 6.39. The van der Waals surface area contributed by atoms with E-state index in [1.54, 1.807) is 42.5 Å². The lowest BCUT2D eigenvalue weighted by Crippen LogP contribution is -2.27. The van der Waals surface area contributed by atoms with E-state index in [-0.39, 0.29) is 18.4 Å². The Morgan fingerprint density at radius 1 is 1.07 bits per heavy atom. The van der Waals surface area contributed by atoms with E-state index in [0.29, 0.717) is 21.4 Å². The number of ether oxygens (including phenoxy) is 1. The van der Waals surface area contributed by atoms with E-state index in [2.05, 4.69) is 4.72 Å². The molecule has 0 fully saturated rings. The summed E-state index contributed by atoms with van der Waals surface area (Å²) in [4.78, 5) is 1.57. The predicted octanol–water partition coefficient (Wildman–Crippen LogP) is 5.24. The number of anilines is 1. The SMILES string of the molecule is C.CC(C)Oc1ccc(S(=O)(=O)Nc2ccc(Cl)cc2Sc2cc[n+](O)cc2)cc1. The summed E-state index contributed by atoms with van der Waals surface area (Å²) in [5.41, 5.74) is 0.405. The Hall–Kier alpha value is -2.42. The summed E-state index contributed by atoms with van der Waals surface area (Å²) < 4.78 is 34.8. The van der Waals surface area contributed by atoms with Crippen molar-refractivity contribution in [3.63, 3.8) is 0 Å². The van der Waals surface area contributed by atoms with Crippen LogP contribution in [0, 0.1) is 0 Å². The zero-order valence-electron chi connectivity index (χ0n) is 15.7. The Morgan fingerprint density at radius 2 is 1.70 bits per heavy atom. The van der Waals surface area contributed by atoms with E-state index < -0.39 is 10.0 Å². The fraction of sp³-hybridized carbons (Fsp3) is 0.190. The average Bonchev–Trinajstić information content (AvgIpc) is 2.66. The number of benzene rings is 2. The lowest BCUT2D eigenvalue weighted by molar-refractivity contribution is -0.905. The molecule has 2 aromatic carbocycles. The van der Waals surface area contributed by atoms with Gasteiger partial charge in [-0.25, -0.2) is 8.42 Å². The zero-order chi connectivity index (χ0) is 21.0. The standard InChI is InChI=1S/C20H20ClN2O4S2.CH4/c1-14(2)27-16-4-6-18(7-5-16)29(25,26)22-19-8-3-15(21)13-20(19)28-17-9-11-23(24)12-10-17;/h3-14,22,24H,1-2H3;1H4/q+1;.